The number of nitrogens with zero attached hydrogens (tertiary/aromatic N) is 1. The number of carbonyl (C=O) groups excluding carboxylic acids is 1. The SMILES string of the molecule is C=CCN(CC=C)c1ccc(NC(=O)COC)cc1. The number of amides is 1. The largest absolute Gasteiger partial charge is 0.375 e. The number of benzene rings is 1. The molecule has 0 saturated heterocycles. The Balaban J connectivity index is 2.70. The van der Waals surface area contributed by atoms with Gasteiger partial charge in [-0.3, -0.25) is 4.79 Å². The van der Waals surface area contributed by atoms with Crippen molar-refractivity contribution in [2.45, 2.75) is 0 Å². The van der Waals surface area contributed by atoms with Crippen LogP contribution in [0.2, 0.25) is 0 Å². The maximum Gasteiger partial charge on any atom is 0.250 e. The Morgan fingerprint density at radius 3 is 2.32 bits per heavy atom. The van der Waals surface area contributed by atoms with Crippen LogP contribution in [-0.4, -0.2) is 32.7 Å². The Bertz CT molecular complexity index is 416. The summed E-state index contributed by atoms with van der Waals surface area (Å²) in [6.07, 6.45) is 3.69. The molecule has 0 fully saturated rings. The molecule has 19 heavy (non-hydrogen) atoms. The fraction of sp³-hybridized carbons (Fsp3) is 0.267. The lowest BCUT2D eigenvalue weighted by Gasteiger charge is -2.21. The number of hydrogen-bond donors (Lipinski definition) is 1. The van der Waals surface area contributed by atoms with Crippen molar-refractivity contribution in [1.82, 2.24) is 0 Å². The minimum absolute atomic E-state index is 0.0564. The van der Waals surface area contributed by atoms with Crippen LogP contribution >= 0.6 is 0 Å². The molecule has 0 aliphatic carbocycles. The molecule has 1 N–H and O–H groups in total. The maximum atomic E-state index is 11.4. The van der Waals surface area contributed by atoms with Gasteiger partial charge in [-0.25, -0.2) is 0 Å². The van der Waals surface area contributed by atoms with E-state index in [-0.39, 0.29) is 12.5 Å². The van der Waals surface area contributed by atoms with Crippen molar-refractivity contribution >= 4 is 17.3 Å². The van der Waals surface area contributed by atoms with Crippen LogP contribution in [0.4, 0.5) is 11.4 Å². The Labute approximate surface area is 114 Å². The number of rotatable bonds is 8. The first-order valence-corrected chi connectivity index (χ1v) is 6.07. The zero-order chi connectivity index (χ0) is 14.1. The van der Waals surface area contributed by atoms with Crippen molar-refractivity contribution < 1.29 is 9.53 Å². The molecule has 0 heterocycles. The molecule has 0 unspecified atom stereocenters. The van der Waals surface area contributed by atoms with Crippen LogP contribution in [-0.2, 0) is 9.53 Å². The molecule has 102 valence electrons. The molecule has 0 aliphatic rings. The minimum atomic E-state index is -0.163. The van der Waals surface area contributed by atoms with Gasteiger partial charge in [-0.15, -0.1) is 13.2 Å². The second-order valence-corrected chi connectivity index (χ2v) is 4.01. The number of hydrogen-bond acceptors (Lipinski definition) is 3. The third-order valence-corrected chi connectivity index (χ3v) is 2.49. The van der Waals surface area contributed by atoms with Crippen LogP contribution in [0.15, 0.2) is 49.6 Å². The van der Waals surface area contributed by atoms with Gasteiger partial charge >= 0.3 is 0 Å². The van der Waals surface area contributed by atoms with E-state index in [0.29, 0.717) is 0 Å². The van der Waals surface area contributed by atoms with E-state index >= 15 is 0 Å². The van der Waals surface area contributed by atoms with Gasteiger partial charge in [0.2, 0.25) is 5.91 Å². The van der Waals surface area contributed by atoms with Gasteiger partial charge in [-0.1, -0.05) is 12.2 Å². The van der Waals surface area contributed by atoms with Crippen LogP contribution in [0.5, 0.6) is 0 Å². The Hall–Kier alpha value is -2.07. The van der Waals surface area contributed by atoms with Crippen LogP contribution in [0, 0.1) is 0 Å². The molecule has 1 rings (SSSR count). The minimum Gasteiger partial charge on any atom is -0.375 e. The van der Waals surface area contributed by atoms with Crippen molar-refractivity contribution in [2.24, 2.45) is 0 Å². The monoisotopic (exact) mass is 260 g/mol. The summed E-state index contributed by atoms with van der Waals surface area (Å²) in [5.74, 6) is -0.163. The fourth-order valence-electron chi connectivity index (χ4n) is 1.68. The highest BCUT2D eigenvalue weighted by Gasteiger charge is 2.04. The number of nitrogens with one attached hydrogen (secondary N) is 1. The average molecular weight is 260 g/mol. The van der Waals surface area contributed by atoms with Crippen LogP contribution in [0.1, 0.15) is 0 Å². The summed E-state index contributed by atoms with van der Waals surface area (Å²) in [5, 5.41) is 2.75. The summed E-state index contributed by atoms with van der Waals surface area (Å²) in [5.41, 5.74) is 1.81. The van der Waals surface area contributed by atoms with Crippen molar-refractivity contribution in [3.05, 3.63) is 49.6 Å². The van der Waals surface area contributed by atoms with Gasteiger partial charge in [-0.05, 0) is 24.3 Å². The Morgan fingerprint density at radius 2 is 1.84 bits per heavy atom. The first kappa shape index (κ1) is 15.0. The lowest BCUT2D eigenvalue weighted by Crippen LogP contribution is -2.23. The predicted molar refractivity (Wildman–Crippen MR) is 79.6 cm³/mol. The van der Waals surface area contributed by atoms with Gasteiger partial charge < -0.3 is 15.0 Å². The van der Waals surface area contributed by atoms with Gasteiger partial charge in [0.25, 0.3) is 0 Å². The smallest absolute Gasteiger partial charge is 0.250 e. The van der Waals surface area contributed by atoms with E-state index in [9.17, 15) is 4.79 Å². The highest BCUT2D eigenvalue weighted by Crippen LogP contribution is 2.18. The second-order valence-electron chi connectivity index (χ2n) is 4.01. The summed E-state index contributed by atoms with van der Waals surface area (Å²) in [7, 11) is 1.49. The summed E-state index contributed by atoms with van der Waals surface area (Å²) >= 11 is 0. The fourth-order valence-corrected chi connectivity index (χ4v) is 1.68. The van der Waals surface area contributed by atoms with E-state index in [1.807, 2.05) is 36.4 Å². The molecular formula is C15H20N2O2. The van der Waals surface area contributed by atoms with Crippen molar-refractivity contribution in [2.75, 3.05) is 37.0 Å². The van der Waals surface area contributed by atoms with Gasteiger partial charge in [0, 0.05) is 31.6 Å². The normalized spacial score (nSPS) is 9.74. The van der Waals surface area contributed by atoms with Crippen molar-refractivity contribution in [3.63, 3.8) is 0 Å². The quantitative estimate of drug-likeness (QED) is 0.730. The molecule has 1 amide bonds. The third kappa shape index (κ3) is 4.97. The first-order valence-electron chi connectivity index (χ1n) is 6.07. The maximum absolute atomic E-state index is 11.4. The van der Waals surface area contributed by atoms with E-state index < -0.39 is 0 Å². The first-order chi connectivity index (χ1) is 9.21. The molecule has 0 aliphatic heterocycles. The molecule has 0 radical (unpaired) electrons. The van der Waals surface area contributed by atoms with Gasteiger partial charge in [0.15, 0.2) is 0 Å². The van der Waals surface area contributed by atoms with E-state index in [1.165, 1.54) is 7.11 Å². The molecule has 0 bridgehead atoms. The Kier molecular flexibility index (Phi) is 6.39. The van der Waals surface area contributed by atoms with Crippen LogP contribution in [0.25, 0.3) is 0 Å². The van der Waals surface area contributed by atoms with E-state index in [1.54, 1.807) is 0 Å². The number of carbonyl (C=O) groups is 1. The second kappa shape index (κ2) is 8.11. The number of anilines is 2. The lowest BCUT2D eigenvalue weighted by molar-refractivity contribution is -0.119. The van der Waals surface area contributed by atoms with E-state index in [4.69, 9.17) is 4.74 Å². The molecule has 0 saturated carbocycles. The van der Waals surface area contributed by atoms with E-state index in [2.05, 4.69) is 23.4 Å². The van der Waals surface area contributed by atoms with Gasteiger partial charge in [0.1, 0.15) is 6.61 Å². The highest BCUT2D eigenvalue weighted by molar-refractivity contribution is 5.91. The number of ether oxygens (including phenoxy) is 1. The van der Waals surface area contributed by atoms with E-state index in [0.717, 1.165) is 24.5 Å². The third-order valence-electron chi connectivity index (χ3n) is 2.49. The zero-order valence-corrected chi connectivity index (χ0v) is 11.3. The number of methoxy groups -OCH3 is 1. The van der Waals surface area contributed by atoms with Crippen molar-refractivity contribution in [3.8, 4) is 0 Å². The van der Waals surface area contributed by atoms with Crippen LogP contribution in [0.3, 0.4) is 0 Å². The molecule has 0 spiro atoms. The molecular weight excluding hydrogens is 240 g/mol. The topological polar surface area (TPSA) is 41.6 Å². The van der Waals surface area contributed by atoms with Gasteiger partial charge in [-0.2, -0.15) is 0 Å². The highest BCUT2D eigenvalue weighted by atomic mass is 16.5. The van der Waals surface area contributed by atoms with Crippen molar-refractivity contribution in [1.29, 1.82) is 0 Å². The molecule has 1 aromatic carbocycles. The molecule has 0 atom stereocenters. The van der Waals surface area contributed by atoms with Gasteiger partial charge in [0.05, 0.1) is 0 Å². The predicted octanol–water partition coefficient (Wildman–Crippen LogP) is 2.45. The lowest BCUT2D eigenvalue weighted by atomic mass is 10.2. The molecule has 4 heteroatoms. The summed E-state index contributed by atoms with van der Waals surface area (Å²) in [6, 6.07) is 7.63. The summed E-state index contributed by atoms with van der Waals surface area (Å²) < 4.78 is 4.76. The summed E-state index contributed by atoms with van der Waals surface area (Å²) in [4.78, 5) is 13.5. The zero-order valence-electron chi connectivity index (χ0n) is 11.3. The molecule has 0 aromatic heterocycles. The molecule has 1 aromatic rings. The average Bonchev–Trinajstić information content (AvgIpc) is 2.40. The standard InChI is InChI=1S/C15H20N2O2/c1-4-10-17(11-5-2)14-8-6-13(7-9-14)16-15(18)12-19-3/h4-9H,1-2,10-12H2,3H3,(H,16,18). The van der Waals surface area contributed by atoms with Crippen LogP contribution < -0.4 is 10.2 Å². The molecule has 4 nitrogen and oxygen atoms in total. The Morgan fingerprint density at radius 1 is 1.26 bits per heavy atom. The summed E-state index contributed by atoms with van der Waals surface area (Å²) in [6.45, 7) is 9.04.